The van der Waals surface area contributed by atoms with Crippen molar-refractivity contribution >= 4 is 21.8 Å². The normalized spacial score (nSPS) is 13.5. The van der Waals surface area contributed by atoms with Crippen LogP contribution in [0.2, 0.25) is 0 Å². The topological polar surface area (TPSA) is 52.9 Å². The van der Waals surface area contributed by atoms with Crippen LogP contribution < -0.4 is 5.32 Å². The molecule has 1 amide bonds. The number of benzene rings is 1. The van der Waals surface area contributed by atoms with Gasteiger partial charge in [-0.3, -0.25) is 4.79 Å². The van der Waals surface area contributed by atoms with Gasteiger partial charge in [0.1, 0.15) is 0 Å². The molecular formula is C13H15BrN2O. The first-order valence-electron chi connectivity index (χ1n) is 5.53. The number of amides is 1. The molecule has 0 aliphatic carbocycles. The van der Waals surface area contributed by atoms with Crippen LogP contribution >= 0.6 is 15.9 Å². The molecule has 3 nitrogen and oxygen atoms in total. The Kier molecular flexibility index (Phi) is 5.17. The molecule has 0 radical (unpaired) electrons. The molecule has 0 fully saturated rings. The second kappa shape index (κ2) is 6.41. The molecule has 0 bridgehead atoms. The number of nitriles is 1. The van der Waals surface area contributed by atoms with Crippen molar-refractivity contribution in [1.82, 2.24) is 5.32 Å². The summed E-state index contributed by atoms with van der Waals surface area (Å²) in [5.74, 6) is -0.00985. The van der Waals surface area contributed by atoms with Crippen LogP contribution in [0.5, 0.6) is 0 Å². The zero-order chi connectivity index (χ0) is 12.8. The summed E-state index contributed by atoms with van der Waals surface area (Å²) in [5.41, 5.74) is 1.62. The van der Waals surface area contributed by atoms with Crippen LogP contribution in [0.4, 0.5) is 0 Å². The third kappa shape index (κ3) is 3.86. The lowest BCUT2D eigenvalue weighted by atomic mass is 10.1. The molecule has 0 saturated heterocycles. The minimum atomic E-state index is -0.150. The van der Waals surface area contributed by atoms with E-state index in [2.05, 4.69) is 27.3 Å². The minimum Gasteiger partial charge on any atom is -0.349 e. The summed E-state index contributed by atoms with van der Waals surface area (Å²) in [6.45, 7) is 3.88. The number of halogens is 1. The van der Waals surface area contributed by atoms with Crippen molar-refractivity contribution in [1.29, 1.82) is 5.26 Å². The van der Waals surface area contributed by atoms with Crippen LogP contribution in [0.15, 0.2) is 24.3 Å². The van der Waals surface area contributed by atoms with E-state index in [1.54, 1.807) is 12.1 Å². The average Bonchev–Trinajstić information content (AvgIpc) is 2.37. The second-order valence-electron chi connectivity index (χ2n) is 3.84. The molecule has 90 valence electrons. The summed E-state index contributed by atoms with van der Waals surface area (Å²) in [5, 5.41) is 11.6. The smallest absolute Gasteiger partial charge is 0.234 e. The van der Waals surface area contributed by atoms with Crippen molar-refractivity contribution in [2.45, 2.75) is 31.1 Å². The molecule has 0 aliphatic heterocycles. The molecule has 0 saturated carbocycles. The van der Waals surface area contributed by atoms with Crippen LogP contribution in [-0.2, 0) is 4.79 Å². The highest BCUT2D eigenvalue weighted by Crippen LogP contribution is 2.14. The van der Waals surface area contributed by atoms with Gasteiger partial charge in [0.2, 0.25) is 5.91 Å². The van der Waals surface area contributed by atoms with Gasteiger partial charge in [-0.05, 0) is 31.0 Å². The first-order valence-corrected chi connectivity index (χ1v) is 6.44. The predicted octanol–water partition coefficient (Wildman–Crippen LogP) is 2.91. The molecule has 0 spiro atoms. The lowest BCUT2D eigenvalue weighted by molar-refractivity contribution is -0.121. The van der Waals surface area contributed by atoms with Crippen LogP contribution in [0.3, 0.4) is 0 Å². The third-order valence-corrected chi connectivity index (χ3v) is 3.60. The Morgan fingerprint density at radius 2 is 2.06 bits per heavy atom. The number of carbonyl (C=O) groups is 1. The third-order valence-electron chi connectivity index (χ3n) is 2.54. The number of hydrogen-bond donors (Lipinski definition) is 1. The van der Waals surface area contributed by atoms with E-state index in [0.29, 0.717) is 5.56 Å². The van der Waals surface area contributed by atoms with Gasteiger partial charge in [0.05, 0.1) is 22.5 Å². The Labute approximate surface area is 110 Å². The number of alkyl halides is 1. The zero-order valence-electron chi connectivity index (χ0n) is 9.90. The summed E-state index contributed by atoms with van der Waals surface area (Å²) in [6, 6.07) is 9.24. The van der Waals surface area contributed by atoms with Crippen LogP contribution in [0, 0.1) is 11.3 Å². The number of hydrogen-bond acceptors (Lipinski definition) is 2. The molecule has 4 heteroatoms. The molecule has 1 rings (SSSR count). The summed E-state index contributed by atoms with van der Waals surface area (Å²) in [4.78, 5) is 11.5. The van der Waals surface area contributed by atoms with Crippen molar-refractivity contribution in [2.24, 2.45) is 0 Å². The fourth-order valence-corrected chi connectivity index (χ4v) is 1.55. The highest BCUT2D eigenvalue weighted by Gasteiger charge is 2.15. The molecule has 0 aliphatic rings. The summed E-state index contributed by atoms with van der Waals surface area (Å²) >= 11 is 3.31. The maximum absolute atomic E-state index is 11.7. The van der Waals surface area contributed by atoms with Crippen molar-refractivity contribution in [3.63, 3.8) is 0 Å². The summed E-state index contributed by atoms with van der Waals surface area (Å²) in [7, 11) is 0. The van der Waals surface area contributed by atoms with E-state index in [1.807, 2.05) is 26.0 Å². The van der Waals surface area contributed by atoms with Gasteiger partial charge in [-0.1, -0.05) is 35.0 Å². The Balaban J connectivity index is 2.67. The Bertz CT molecular complexity index is 422. The Morgan fingerprint density at radius 1 is 1.47 bits per heavy atom. The van der Waals surface area contributed by atoms with E-state index in [9.17, 15) is 4.79 Å². The summed E-state index contributed by atoms with van der Waals surface area (Å²) < 4.78 is 0. The van der Waals surface area contributed by atoms with Crippen LogP contribution in [0.25, 0.3) is 0 Å². The van der Waals surface area contributed by atoms with Gasteiger partial charge >= 0.3 is 0 Å². The maximum atomic E-state index is 11.7. The maximum Gasteiger partial charge on any atom is 0.234 e. The average molecular weight is 295 g/mol. The first-order chi connectivity index (χ1) is 8.08. The predicted molar refractivity (Wildman–Crippen MR) is 70.7 cm³/mol. The monoisotopic (exact) mass is 294 g/mol. The van der Waals surface area contributed by atoms with Gasteiger partial charge in [0.25, 0.3) is 0 Å². The van der Waals surface area contributed by atoms with E-state index in [0.717, 1.165) is 12.0 Å². The van der Waals surface area contributed by atoms with E-state index >= 15 is 0 Å². The summed E-state index contributed by atoms with van der Waals surface area (Å²) in [6.07, 6.45) is 0.756. The van der Waals surface area contributed by atoms with Gasteiger partial charge < -0.3 is 5.32 Å². The van der Waals surface area contributed by atoms with Gasteiger partial charge in [-0.2, -0.15) is 5.26 Å². The Hall–Kier alpha value is -1.34. The fourth-order valence-electron chi connectivity index (χ4n) is 1.42. The number of nitrogens with zero attached hydrogens (tertiary/aromatic N) is 1. The number of rotatable bonds is 4. The largest absolute Gasteiger partial charge is 0.349 e. The quantitative estimate of drug-likeness (QED) is 0.868. The lowest BCUT2D eigenvalue weighted by Gasteiger charge is -2.16. The standard InChI is InChI=1S/C13H15BrN2O/c1-3-12(14)13(17)16-9(2)11-6-4-10(8-15)5-7-11/h4-7,9,12H,3H2,1-2H3,(H,16,17). The SMILES string of the molecule is CCC(Br)C(=O)NC(C)c1ccc(C#N)cc1. The van der Waals surface area contributed by atoms with Gasteiger partial charge in [0.15, 0.2) is 0 Å². The number of nitrogens with one attached hydrogen (secondary N) is 1. The van der Waals surface area contributed by atoms with Gasteiger partial charge in [0, 0.05) is 0 Å². The Morgan fingerprint density at radius 3 is 2.53 bits per heavy atom. The van der Waals surface area contributed by atoms with Crippen molar-refractivity contribution in [3.8, 4) is 6.07 Å². The fraction of sp³-hybridized carbons (Fsp3) is 0.385. The van der Waals surface area contributed by atoms with E-state index < -0.39 is 0 Å². The zero-order valence-corrected chi connectivity index (χ0v) is 11.5. The molecule has 0 aromatic heterocycles. The lowest BCUT2D eigenvalue weighted by Crippen LogP contribution is -2.32. The van der Waals surface area contributed by atoms with Crippen molar-refractivity contribution in [2.75, 3.05) is 0 Å². The molecule has 0 heterocycles. The van der Waals surface area contributed by atoms with Gasteiger partial charge in [-0.15, -0.1) is 0 Å². The molecule has 1 aromatic rings. The van der Waals surface area contributed by atoms with Gasteiger partial charge in [-0.25, -0.2) is 0 Å². The number of carbonyl (C=O) groups excluding carboxylic acids is 1. The molecule has 1 aromatic carbocycles. The minimum absolute atomic E-state index is 0.00985. The van der Waals surface area contributed by atoms with E-state index in [4.69, 9.17) is 5.26 Å². The first kappa shape index (κ1) is 13.7. The van der Waals surface area contributed by atoms with Crippen LogP contribution in [-0.4, -0.2) is 10.7 Å². The molecule has 1 N–H and O–H groups in total. The van der Waals surface area contributed by atoms with Crippen molar-refractivity contribution < 1.29 is 4.79 Å². The van der Waals surface area contributed by atoms with Crippen LogP contribution in [0.1, 0.15) is 37.4 Å². The van der Waals surface area contributed by atoms with E-state index in [-0.39, 0.29) is 16.8 Å². The highest BCUT2D eigenvalue weighted by molar-refractivity contribution is 9.10. The second-order valence-corrected chi connectivity index (χ2v) is 4.95. The molecule has 2 atom stereocenters. The molecule has 2 unspecified atom stereocenters. The van der Waals surface area contributed by atoms with E-state index in [1.165, 1.54) is 0 Å². The molecular weight excluding hydrogens is 280 g/mol. The highest BCUT2D eigenvalue weighted by atomic mass is 79.9. The van der Waals surface area contributed by atoms with Crippen molar-refractivity contribution in [3.05, 3.63) is 35.4 Å². The molecule has 17 heavy (non-hydrogen) atoms.